The molecule has 0 saturated heterocycles. The molecule has 2 rings (SSSR count). The van der Waals surface area contributed by atoms with E-state index in [1.165, 1.54) is 0 Å². The summed E-state index contributed by atoms with van der Waals surface area (Å²) in [5, 5.41) is 18.4. The molecule has 3 nitrogen and oxygen atoms in total. The Morgan fingerprint density at radius 3 is 2.79 bits per heavy atom. The van der Waals surface area contributed by atoms with Gasteiger partial charge in [-0.1, -0.05) is 12.1 Å². The molecular formula is C10H11NO2S. The lowest BCUT2D eigenvalue weighted by molar-refractivity contribution is -0.0446. The first-order chi connectivity index (χ1) is 6.75. The monoisotopic (exact) mass is 209 g/mol. The SMILES string of the molecule is OC(O)CCc1nc2ccccc2s1. The van der Waals surface area contributed by atoms with Crippen molar-refractivity contribution in [3.05, 3.63) is 29.3 Å². The van der Waals surface area contributed by atoms with E-state index >= 15 is 0 Å². The van der Waals surface area contributed by atoms with Gasteiger partial charge in [0.15, 0.2) is 6.29 Å². The van der Waals surface area contributed by atoms with Crippen molar-refractivity contribution in [1.29, 1.82) is 0 Å². The Balaban J connectivity index is 2.19. The molecule has 0 unspecified atom stereocenters. The Bertz CT molecular complexity index is 392. The molecule has 0 aliphatic carbocycles. The first-order valence-electron chi connectivity index (χ1n) is 4.46. The normalized spacial score (nSPS) is 11.4. The predicted octanol–water partition coefficient (Wildman–Crippen LogP) is 1.54. The van der Waals surface area contributed by atoms with Gasteiger partial charge in [-0.3, -0.25) is 0 Å². The summed E-state index contributed by atoms with van der Waals surface area (Å²) in [6.07, 6.45) is -0.265. The Hall–Kier alpha value is -0.970. The van der Waals surface area contributed by atoms with Gasteiger partial charge < -0.3 is 10.2 Å². The number of nitrogens with zero attached hydrogens (tertiary/aromatic N) is 1. The third-order valence-corrected chi connectivity index (χ3v) is 3.05. The average molecular weight is 209 g/mol. The third kappa shape index (κ3) is 2.09. The molecular weight excluding hydrogens is 198 g/mol. The van der Waals surface area contributed by atoms with Crippen LogP contribution in [0.5, 0.6) is 0 Å². The molecule has 1 aromatic heterocycles. The van der Waals surface area contributed by atoms with Crippen molar-refractivity contribution in [2.75, 3.05) is 0 Å². The summed E-state index contributed by atoms with van der Waals surface area (Å²) in [4.78, 5) is 4.38. The number of aliphatic hydroxyl groups is 2. The van der Waals surface area contributed by atoms with Crippen molar-refractivity contribution in [3.63, 3.8) is 0 Å². The van der Waals surface area contributed by atoms with Crippen LogP contribution < -0.4 is 0 Å². The largest absolute Gasteiger partial charge is 0.368 e. The molecule has 0 aliphatic rings. The molecule has 2 aromatic rings. The maximum Gasteiger partial charge on any atom is 0.151 e. The fraction of sp³-hybridized carbons (Fsp3) is 0.300. The number of aliphatic hydroxyl groups excluding tert-OH is 1. The highest BCUT2D eigenvalue weighted by Gasteiger charge is 2.04. The molecule has 0 bridgehead atoms. The molecule has 0 spiro atoms. The fourth-order valence-corrected chi connectivity index (χ4v) is 2.26. The van der Waals surface area contributed by atoms with Gasteiger partial charge in [-0.2, -0.15) is 0 Å². The molecule has 1 heterocycles. The molecule has 14 heavy (non-hydrogen) atoms. The molecule has 0 atom stereocenters. The zero-order valence-electron chi connectivity index (χ0n) is 7.55. The van der Waals surface area contributed by atoms with E-state index in [0.717, 1.165) is 15.2 Å². The summed E-state index contributed by atoms with van der Waals surface area (Å²) in [5.74, 6) is 0. The van der Waals surface area contributed by atoms with Crippen LogP contribution in [0.1, 0.15) is 11.4 Å². The molecule has 0 fully saturated rings. The molecule has 4 heteroatoms. The van der Waals surface area contributed by atoms with E-state index in [0.29, 0.717) is 12.8 Å². The molecule has 2 N–H and O–H groups in total. The van der Waals surface area contributed by atoms with Gasteiger partial charge in [-0.05, 0) is 12.1 Å². The van der Waals surface area contributed by atoms with Crippen molar-refractivity contribution in [2.45, 2.75) is 19.1 Å². The van der Waals surface area contributed by atoms with Crippen LogP contribution in [0.3, 0.4) is 0 Å². The number of thiazole rings is 1. The number of fused-ring (bicyclic) bond motifs is 1. The lowest BCUT2D eigenvalue weighted by atomic mass is 10.3. The van der Waals surface area contributed by atoms with Gasteiger partial charge in [0.25, 0.3) is 0 Å². The summed E-state index contributed by atoms with van der Waals surface area (Å²) < 4.78 is 1.15. The molecule has 0 aliphatic heterocycles. The van der Waals surface area contributed by atoms with Crippen LogP contribution in [0.15, 0.2) is 24.3 Å². The van der Waals surface area contributed by atoms with Crippen LogP contribution >= 0.6 is 11.3 Å². The van der Waals surface area contributed by atoms with Crippen molar-refractivity contribution in [2.24, 2.45) is 0 Å². The summed E-state index contributed by atoms with van der Waals surface area (Å²) in [5.41, 5.74) is 0.986. The van der Waals surface area contributed by atoms with E-state index in [4.69, 9.17) is 10.2 Å². The van der Waals surface area contributed by atoms with Gasteiger partial charge in [0.05, 0.1) is 15.2 Å². The minimum atomic E-state index is -1.23. The Labute approximate surface area is 85.7 Å². The summed E-state index contributed by atoms with van der Waals surface area (Å²) in [7, 11) is 0. The van der Waals surface area contributed by atoms with Crippen LogP contribution in [-0.4, -0.2) is 21.5 Å². The van der Waals surface area contributed by atoms with E-state index in [1.54, 1.807) is 11.3 Å². The topological polar surface area (TPSA) is 53.4 Å². The summed E-state index contributed by atoms with van der Waals surface area (Å²) >= 11 is 1.61. The van der Waals surface area contributed by atoms with E-state index < -0.39 is 6.29 Å². The van der Waals surface area contributed by atoms with Crippen molar-refractivity contribution in [1.82, 2.24) is 4.98 Å². The van der Waals surface area contributed by atoms with Gasteiger partial charge in [0, 0.05) is 12.8 Å². The number of aromatic nitrogens is 1. The average Bonchev–Trinajstić information content (AvgIpc) is 2.57. The summed E-state index contributed by atoms with van der Waals surface area (Å²) in [6, 6.07) is 7.91. The minimum absolute atomic E-state index is 0.347. The number of benzene rings is 1. The standard InChI is InChI=1S/C10H11NO2S/c12-10(13)6-5-9-11-7-3-1-2-4-8(7)14-9/h1-4,10,12-13H,5-6H2. The van der Waals surface area contributed by atoms with Crippen LogP contribution in [-0.2, 0) is 6.42 Å². The van der Waals surface area contributed by atoms with Gasteiger partial charge in [0.2, 0.25) is 0 Å². The summed E-state index contributed by atoms with van der Waals surface area (Å²) in [6.45, 7) is 0. The highest BCUT2D eigenvalue weighted by molar-refractivity contribution is 7.18. The number of hydrogen-bond acceptors (Lipinski definition) is 4. The second-order valence-corrected chi connectivity index (χ2v) is 4.21. The lowest BCUT2D eigenvalue weighted by Gasteiger charge is -1.98. The van der Waals surface area contributed by atoms with E-state index in [1.807, 2.05) is 24.3 Å². The van der Waals surface area contributed by atoms with Gasteiger partial charge in [-0.25, -0.2) is 4.98 Å². The van der Waals surface area contributed by atoms with E-state index in [-0.39, 0.29) is 0 Å². The van der Waals surface area contributed by atoms with Gasteiger partial charge >= 0.3 is 0 Å². The quantitative estimate of drug-likeness (QED) is 0.754. The van der Waals surface area contributed by atoms with Crippen LogP contribution in [0.4, 0.5) is 0 Å². The zero-order chi connectivity index (χ0) is 9.97. The maximum atomic E-state index is 8.72. The second kappa shape index (κ2) is 4.04. The molecule has 0 radical (unpaired) electrons. The number of para-hydroxylation sites is 1. The zero-order valence-corrected chi connectivity index (χ0v) is 8.37. The first kappa shape index (κ1) is 9.58. The smallest absolute Gasteiger partial charge is 0.151 e. The highest BCUT2D eigenvalue weighted by atomic mass is 32.1. The van der Waals surface area contributed by atoms with Crippen molar-refractivity contribution < 1.29 is 10.2 Å². The highest BCUT2D eigenvalue weighted by Crippen LogP contribution is 2.22. The third-order valence-electron chi connectivity index (χ3n) is 1.95. The van der Waals surface area contributed by atoms with E-state index in [9.17, 15) is 0 Å². The second-order valence-electron chi connectivity index (χ2n) is 3.09. The molecule has 0 saturated carbocycles. The first-order valence-corrected chi connectivity index (χ1v) is 5.28. The van der Waals surface area contributed by atoms with Gasteiger partial charge in [-0.15, -0.1) is 11.3 Å². The van der Waals surface area contributed by atoms with Gasteiger partial charge in [0.1, 0.15) is 0 Å². The van der Waals surface area contributed by atoms with E-state index in [2.05, 4.69) is 4.98 Å². The number of aryl methyl sites for hydroxylation is 1. The molecule has 74 valence electrons. The number of hydrogen-bond donors (Lipinski definition) is 2. The maximum absolute atomic E-state index is 8.72. The lowest BCUT2D eigenvalue weighted by Crippen LogP contribution is -2.05. The van der Waals surface area contributed by atoms with Crippen molar-refractivity contribution in [3.8, 4) is 0 Å². The Morgan fingerprint density at radius 1 is 1.29 bits per heavy atom. The van der Waals surface area contributed by atoms with Crippen LogP contribution in [0.2, 0.25) is 0 Å². The van der Waals surface area contributed by atoms with Crippen molar-refractivity contribution >= 4 is 21.6 Å². The Kier molecular flexibility index (Phi) is 2.77. The fourth-order valence-electron chi connectivity index (χ4n) is 1.28. The number of rotatable bonds is 3. The van der Waals surface area contributed by atoms with Crippen LogP contribution in [0, 0.1) is 0 Å². The predicted molar refractivity (Wildman–Crippen MR) is 56.2 cm³/mol. The van der Waals surface area contributed by atoms with Crippen LogP contribution in [0.25, 0.3) is 10.2 Å². The molecule has 1 aromatic carbocycles. The molecule has 0 amide bonds. The Morgan fingerprint density at radius 2 is 2.07 bits per heavy atom. The minimum Gasteiger partial charge on any atom is -0.368 e.